The molecule has 4 rings (SSSR count). The molecule has 136 valence electrons. The van der Waals surface area contributed by atoms with Gasteiger partial charge in [0.2, 0.25) is 0 Å². The quantitative estimate of drug-likeness (QED) is 0.761. The lowest BCUT2D eigenvalue weighted by Crippen LogP contribution is -2.40. The van der Waals surface area contributed by atoms with Gasteiger partial charge in [-0.05, 0) is 37.5 Å². The number of benzene rings is 1. The molecular formula is C19H24N6O. The monoisotopic (exact) mass is 352 g/mol. The van der Waals surface area contributed by atoms with Crippen molar-refractivity contribution in [2.24, 2.45) is 0 Å². The summed E-state index contributed by atoms with van der Waals surface area (Å²) in [7, 11) is 1.68. The zero-order chi connectivity index (χ0) is 17.9. The summed E-state index contributed by atoms with van der Waals surface area (Å²) in [6.45, 7) is 4.53. The molecule has 0 radical (unpaired) electrons. The highest BCUT2D eigenvalue weighted by Gasteiger charge is 2.22. The number of nitrogens with zero attached hydrogens (tertiary/aromatic N) is 5. The predicted octanol–water partition coefficient (Wildman–Crippen LogP) is 2.66. The van der Waals surface area contributed by atoms with Crippen molar-refractivity contribution in [1.29, 1.82) is 0 Å². The van der Waals surface area contributed by atoms with Crippen molar-refractivity contribution in [2.45, 2.75) is 32.4 Å². The standard InChI is InChI=1S/C19H24N6O/c1-14-4-3-5-16(10-14)22-15-6-8-24(9-7-15)18-11-17(12-26-2)23-19-20-13-21-25(18)19/h3-5,10-11,13,15,22H,6-9,12H2,1-2H3. The van der Waals surface area contributed by atoms with Crippen LogP contribution in [0.2, 0.25) is 0 Å². The third-order valence-electron chi connectivity index (χ3n) is 4.79. The van der Waals surface area contributed by atoms with Crippen LogP contribution in [0.1, 0.15) is 24.1 Å². The van der Waals surface area contributed by atoms with Crippen molar-refractivity contribution in [3.05, 3.63) is 47.9 Å². The van der Waals surface area contributed by atoms with Crippen molar-refractivity contribution < 1.29 is 4.74 Å². The van der Waals surface area contributed by atoms with E-state index in [1.165, 1.54) is 11.3 Å². The zero-order valence-corrected chi connectivity index (χ0v) is 15.2. The fourth-order valence-corrected chi connectivity index (χ4v) is 3.51. The van der Waals surface area contributed by atoms with Crippen LogP contribution in [0.4, 0.5) is 11.5 Å². The molecule has 1 saturated heterocycles. The highest BCUT2D eigenvalue weighted by molar-refractivity contribution is 5.49. The maximum Gasteiger partial charge on any atom is 0.254 e. The molecule has 0 amide bonds. The van der Waals surface area contributed by atoms with Crippen LogP contribution in [0.3, 0.4) is 0 Å². The molecule has 7 heteroatoms. The van der Waals surface area contributed by atoms with Gasteiger partial charge in [0.1, 0.15) is 12.1 Å². The smallest absolute Gasteiger partial charge is 0.254 e. The minimum atomic E-state index is 0.474. The summed E-state index contributed by atoms with van der Waals surface area (Å²) in [6.07, 6.45) is 3.70. The molecule has 26 heavy (non-hydrogen) atoms. The summed E-state index contributed by atoms with van der Waals surface area (Å²) in [5.74, 6) is 1.66. The number of aryl methyl sites for hydroxylation is 1. The Labute approximate surface area is 153 Å². The van der Waals surface area contributed by atoms with Gasteiger partial charge in [0.05, 0.1) is 12.3 Å². The van der Waals surface area contributed by atoms with Crippen molar-refractivity contribution in [3.63, 3.8) is 0 Å². The molecule has 0 aliphatic carbocycles. The van der Waals surface area contributed by atoms with Gasteiger partial charge in [-0.25, -0.2) is 4.98 Å². The van der Waals surface area contributed by atoms with Crippen LogP contribution >= 0.6 is 0 Å². The molecule has 3 aromatic rings. The Kier molecular flexibility index (Phi) is 4.71. The minimum Gasteiger partial charge on any atom is -0.382 e. The van der Waals surface area contributed by atoms with Gasteiger partial charge in [0.15, 0.2) is 0 Å². The fourth-order valence-electron chi connectivity index (χ4n) is 3.51. The second-order valence-corrected chi connectivity index (χ2v) is 6.79. The van der Waals surface area contributed by atoms with Crippen molar-refractivity contribution in [2.75, 3.05) is 30.4 Å². The predicted molar refractivity (Wildman–Crippen MR) is 102 cm³/mol. The van der Waals surface area contributed by atoms with Crippen molar-refractivity contribution in [1.82, 2.24) is 19.6 Å². The second kappa shape index (κ2) is 7.29. The van der Waals surface area contributed by atoms with E-state index >= 15 is 0 Å². The van der Waals surface area contributed by atoms with Gasteiger partial charge in [-0.2, -0.15) is 14.6 Å². The van der Waals surface area contributed by atoms with Gasteiger partial charge in [-0.1, -0.05) is 12.1 Å². The van der Waals surface area contributed by atoms with Gasteiger partial charge >= 0.3 is 0 Å². The maximum absolute atomic E-state index is 5.24. The van der Waals surface area contributed by atoms with Gasteiger partial charge in [0, 0.05) is 38.0 Å². The number of hydrogen-bond acceptors (Lipinski definition) is 6. The van der Waals surface area contributed by atoms with Gasteiger partial charge < -0.3 is 15.0 Å². The molecular weight excluding hydrogens is 328 g/mol. The third kappa shape index (κ3) is 3.48. The molecule has 0 saturated carbocycles. The Morgan fingerprint density at radius 3 is 2.85 bits per heavy atom. The first kappa shape index (κ1) is 16.8. The lowest BCUT2D eigenvalue weighted by molar-refractivity contribution is 0.181. The van der Waals surface area contributed by atoms with Crippen molar-refractivity contribution in [3.8, 4) is 0 Å². The Balaban J connectivity index is 1.47. The van der Waals surface area contributed by atoms with Gasteiger partial charge in [-0.3, -0.25) is 0 Å². The first-order valence-corrected chi connectivity index (χ1v) is 8.99. The van der Waals surface area contributed by atoms with E-state index in [1.807, 2.05) is 4.52 Å². The highest BCUT2D eigenvalue weighted by Crippen LogP contribution is 2.23. The molecule has 1 aliphatic rings. The van der Waals surface area contributed by atoms with Crippen LogP contribution in [0, 0.1) is 6.92 Å². The van der Waals surface area contributed by atoms with E-state index in [-0.39, 0.29) is 0 Å². The molecule has 2 aromatic heterocycles. The van der Waals surface area contributed by atoms with Crippen LogP contribution in [-0.4, -0.2) is 45.8 Å². The van der Waals surface area contributed by atoms with E-state index in [2.05, 4.69) is 62.5 Å². The molecule has 3 heterocycles. The molecule has 1 N–H and O–H groups in total. The molecule has 0 atom stereocenters. The molecule has 0 bridgehead atoms. The summed E-state index contributed by atoms with van der Waals surface area (Å²) in [5, 5.41) is 8.00. The number of piperidine rings is 1. The number of hydrogen-bond donors (Lipinski definition) is 1. The fraction of sp³-hybridized carbons (Fsp3) is 0.421. The number of methoxy groups -OCH3 is 1. The molecule has 1 aliphatic heterocycles. The summed E-state index contributed by atoms with van der Waals surface area (Å²) >= 11 is 0. The lowest BCUT2D eigenvalue weighted by atomic mass is 10.0. The molecule has 7 nitrogen and oxygen atoms in total. The van der Waals surface area contributed by atoms with Crippen LogP contribution in [0.25, 0.3) is 5.78 Å². The Morgan fingerprint density at radius 1 is 1.23 bits per heavy atom. The summed E-state index contributed by atoms with van der Waals surface area (Å²) in [6, 6.07) is 11.1. The van der Waals surface area contributed by atoms with Crippen LogP contribution in [0.15, 0.2) is 36.7 Å². The lowest BCUT2D eigenvalue weighted by Gasteiger charge is -2.34. The Hall–Kier alpha value is -2.67. The number of nitrogens with one attached hydrogen (secondary N) is 1. The largest absolute Gasteiger partial charge is 0.382 e. The van der Waals surface area contributed by atoms with E-state index in [9.17, 15) is 0 Å². The second-order valence-electron chi connectivity index (χ2n) is 6.79. The summed E-state index contributed by atoms with van der Waals surface area (Å²) in [4.78, 5) is 11.1. The maximum atomic E-state index is 5.24. The van der Waals surface area contributed by atoms with Crippen molar-refractivity contribution >= 4 is 17.3 Å². The Morgan fingerprint density at radius 2 is 2.08 bits per heavy atom. The molecule has 0 spiro atoms. The summed E-state index contributed by atoms with van der Waals surface area (Å²) in [5.41, 5.74) is 3.36. The van der Waals surface area contributed by atoms with Gasteiger partial charge in [-0.15, -0.1) is 0 Å². The average Bonchev–Trinajstić information content (AvgIpc) is 3.11. The van der Waals surface area contributed by atoms with E-state index in [0.29, 0.717) is 18.4 Å². The first-order valence-electron chi connectivity index (χ1n) is 8.99. The average molecular weight is 352 g/mol. The molecule has 0 unspecified atom stereocenters. The third-order valence-corrected chi connectivity index (χ3v) is 4.79. The number of anilines is 2. The summed E-state index contributed by atoms with van der Waals surface area (Å²) < 4.78 is 7.05. The van der Waals surface area contributed by atoms with E-state index in [0.717, 1.165) is 37.4 Å². The van der Waals surface area contributed by atoms with Crippen LogP contribution in [-0.2, 0) is 11.3 Å². The van der Waals surface area contributed by atoms with Crippen LogP contribution < -0.4 is 10.2 Å². The number of fused-ring (bicyclic) bond motifs is 1. The van der Waals surface area contributed by atoms with Crippen LogP contribution in [0.5, 0.6) is 0 Å². The molecule has 1 aromatic carbocycles. The SMILES string of the molecule is COCc1cc(N2CCC(Nc3cccc(C)c3)CC2)n2ncnc2n1. The normalized spacial score (nSPS) is 15.5. The van der Waals surface area contributed by atoms with Gasteiger partial charge in [0.25, 0.3) is 5.78 Å². The zero-order valence-electron chi connectivity index (χ0n) is 15.2. The number of aromatic nitrogens is 4. The number of ether oxygens (including phenoxy) is 1. The Bertz CT molecular complexity index is 885. The topological polar surface area (TPSA) is 67.6 Å². The van der Waals surface area contributed by atoms with E-state index in [1.54, 1.807) is 13.4 Å². The number of rotatable bonds is 5. The molecule has 1 fully saturated rings. The first-order chi connectivity index (χ1) is 12.7. The van der Waals surface area contributed by atoms with E-state index in [4.69, 9.17) is 4.74 Å². The minimum absolute atomic E-state index is 0.474. The highest BCUT2D eigenvalue weighted by atomic mass is 16.5. The van der Waals surface area contributed by atoms with E-state index < -0.39 is 0 Å².